The molecule has 0 spiro atoms. The molecule has 1 unspecified atom stereocenters. The number of halogens is 3. The summed E-state index contributed by atoms with van der Waals surface area (Å²) in [6, 6.07) is 5.60. The van der Waals surface area contributed by atoms with Crippen LogP contribution in [0.1, 0.15) is 57.7 Å². The molecule has 0 aromatic heterocycles. The Morgan fingerprint density at radius 3 is 2.30 bits per heavy atom. The molecule has 1 nitrogen and oxygen atoms in total. The van der Waals surface area contributed by atoms with Crippen LogP contribution in [0, 0.1) is 5.41 Å². The number of nitrogens with one attached hydrogen (secondary N) is 1. The van der Waals surface area contributed by atoms with Crippen molar-refractivity contribution in [2.75, 3.05) is 6.54 Å². The summed E-state index contributed by atoms with van der Waals surface area (Å²) in [6.45, 7) is 9.15. The molecule has 1 rings (SSSR count). The second-order valence-corrected chi connectivity index (χ2v) is 6.39. The molecule has 0 fully saturated rings. The van der Waals surface area contributed by atoms with Crippen molar-refractivity contribution in [3.05, 3.63) is 35.4 Å². The van der Waals surface area contributed by atoms with E-state index in [1.807, 2.05) is 6.92 Å². The van der Waals surface area contributed by atoms with Gasteiger partial charge in [-0.05, 0) is 42.5 Å². The Kier molecular flexibility index (Phi) is 5.63. The first kappa shape index (κ1) is 17.0. The molecule has 0 saturated carbocycles. The molecule has 0 amide bonds. The SMILES string of the molecule is CCCNC(CC(C)(C)C)c1cccc(C(F)(F)F)c1. The molecule has 0 radical (unpaired) electrons. The summed E-state index contributed by atoms with van der Waals surface area (Å²) in [4.78, 5) is 0. The van der Waals surface area contributed by atoms with Crippen LogP contribution in [0.2, 0.25) is 0 Å². The predicted molar refractivity (Wildman–Crippen MR) is 76.6 cm³/mol. The maximum absolute atomic E-state index is 12.8. The lowest BCUT2D eigenvalue weighted by molar-refractivity contribution is -0.137. The third-order valence-corrected chi connectivity index (χ3v) is 3.07. The van der Waals surface area contributed by atoms with Gasteiger partial charge in [-0.15, -0.1) is 0 Å². The van der Waals surface area contributed by atoms with Gasteiger partial charge in [-0.25, -0.2) is 0 Å². The second-order valence-electron chi connectivity index (χ2n) is 6.39. The van der Waals surface area contributed by atoms with E-state index >= 15 is 0 Å². The monoisotopic (exact) mass is 287 g/mol. The summed E-state index contributed by atoms with van der Waals surface area (Å²) < 4.78 is 38.4. The summed E-state index contributed by atoms with van der Waals surface area (Å²) >= 11 is 0. The quantitative estimate of drug-likeness (QED) is 0.786. The highest BCUT2D eigenvalue weighted by molar-refractivity contribution is 5.28. The van der Waals surface area contributed by atoms with E-state index in [0.717, 1.165) is 25.5 Å². The zero-order valence-corrected chi connectivity index (χ0v) is 12.6. The molecule has 0 bridgehead atoms. The average Bonchev–Trinajstić information content (AvgIpc) is 2.32. The van der Waals surface area contributed by atoms with Gasteiger partial charge in [0.05, 0.1) is 5.56 Å². The van der Waals surface area contributed by atoms with Crippen LogP contribution in [-0.4, -0.2) is 6.54 Å². The Labute approximate surface area is 119 Å². The van der Waals surface area contributed by atoms with Crippen LogP contribution in [0.5, 0.6) is 0 Å². The van der Waals surface area contributed by atoms with E-state index in [2.05, 4.69) is 26.1 Å². The Balaban J connectivity index is 3.01. The fourth-order valence-corrected chi connectivity index (χ4v) is 2.17. The zero-order valence-electron chi connectivity index (χ0n) is 12.6. The molecule has 4 heteroatoms. The first-order valence-corrected chi connectivity index (χ1v) is 7.04. The number of hydrogen-bond acceptors (Lipinski definition) is 1. The largest absolute Gasteiger partial charge is 0.416 e. The highest BCUT2D eigenvalue weighted by Crippen LogP contribution is 2.34. The fraction of sp³-hybridized carbons (Fsp3) is 0.625. The van der Waals surface area contributed by atoms with Gasteiger partial charge in [-0.2, -0.15) is 13.2 Å². The van der Waals surface area contributed by atoms with Gasteiger partial charge in [0.25, 0.3) is 0 Å². The number of rotatable bonds is 5. The van der Waals surface area contributed by atoms with Gasteiger partial charge in [0.15, 0.2) is 0 Å². The van der Waals surface area contributed by atoms with E-state index < -0.39 is 11.7 Å². The molecule has 0 aliphatic rings. The van der Waals surface area contributed by atoms with Gasteiger partial charge in [-0.3, -0.25) is 0 Å². The van der Waals surface area contributed by atoms with Crippen LogP contribution in [0.3, 0.4) is 0 Å². The zero-order chi connectivity index (χ0) is 15.4. The van der Waals surface area contributed by atoms with E-state index in [1.54, 1.807) is 6.07 Å². The Morgan fingerprint density at radius 1 is 1.15 bits per heavy atom. The van der Waals surface area contributed by atoms with Gasteiger partial charge >= 0.3 is 6.18 Å². The summed E-state index contributed by atoms with van der Waals surface area (Å²) in [6.07, 6.45) is -2.53. The van der Waals surface area contributed by atoms with Gasteiger partial charge in [0, 0.05) is 6.04 Å². The predicted octanol–water partition coefficient (Wildman–Crippen LogP) is 5.18. The summed E-state index contributed by atoms with van der Waals surface area (Å²) in [5.74, 6) is 0. The van der Waals surface area contributed by atoms with Crippen LogP contribution >= 0.6 is 0 Å². The number of benzene rings is 1. The van der Waals surface area contributed by atoms with E-state index in [-0.39, 0.29) is 11.5 Å². The number of alkyl halides is 3. The molecule has 1 N–H and O–H groups in total. The van der Waals surface area contributed by atoms with E-state index in [0.29, 0.717) is 5.56 Å². The lowest BCUT2D eigenvalue weighted by Gasteiger charge is -2.27. The maximum atomic E-state index is 12.8. The van der Waals surface area contributed by atoms with E-state index in [4.69, 9.17) is 0 Å². The van der Waals surface area contributed by atoms with Crippen LogP contribution in [0.25, 0.3) is 0 Å². The van der Waals surface area contributed by atoms with E-state index in [1.165, 1.54) is 12.1 Å². The van der Waals surface area contributed by atoms with Crippen LogP contribution in [0.4, 0.5) is 13.2 Å². The van der Waals surface area contributed by atoms with Crippen molar-refractivity contribution < 1.29 is 13.2 Å². The molecule has 1 aromatic carbocycles. The summed E-state index contributed by atoms with van der Waals surface area (Å²) in [7, 11) is 0. The lowest BCUT2D eigenvalue weighted by Crippen LogP contribution is -2.26. The van der Waals surface area contributed by atoms with E-state index in [9.17, 15) is 13.2 Å². The van der Waals surface area contributed by atoms with Gasteiger partial charge < -0.3 is 5.32 Å². The smallest absolute Gasteiger partial charge is 0.310 e. The molecule has 114 valence electrons. The fourth-order valence-electron chi connectivity index (χ4n) is 2.17. The molecule has 0 aliphatic heterocycles. The number of hydrogen-bond donors (Lipinski definition) is 1. The minimum Gasteiger partial charge on any atom is -0.310 e. The van der Waals surface area contributed by atoms with Crippen molar-refractivity contribution in [3.63, 3.8) is 0 Å². The van der Waals surface area contributed by atoms with Crippen molar-refractivity contribution in [1.82, 2.24) is 5.32 Å². The van der Waals surface area contributed by atoms with Crippen LogP contribution < -0.4 is 5.32 Å². The van der Waals surface area contributed by atoms with Crippen LogP contribution in [-0.2, 0) is 6.18 Å². The lowest BCUT2D eigenvalue weighted by atomic mass is 9.85. The molecule has 0 heterocycles. The normalized spacial score (nSPS) is 14.3. The first-order valence-electron chi connectivity index (χ1n) is 7.04. The average molecular weight is 287 g/mol. The minimum atomic E-state index is -4.28. The molecule has 0 saturated heterocycles. The van der Waals surface area contributed by atoms with Gasteiger partial charge in [-0.1, -0.05) is 39.8 Å². The minimum absolute atomic E-state index is 0.0442. The molecule has 1 aromatic rings. The van der Waals surface area contributed by atoms with Crippen LogP contribution in [0.15, 0.2) is 24.3 Å². The second kappa shape index (κ2) is 6.61. The standard InChI is InChI=1S/C16H24F3N/c1-5-9-20-14(11-15(2,3)4)12-7-6-8-13(10-12)16(17,18)19/h6-8,10,14,20H,5,9,11H2,1-4H3. The van der Waals surface area contributed by atoms with Gasteiger partial charge in [0.1, 0.15) is 0 Å². The molecule has 1 atom stereocenters. The van der Waals surface area contributed by atoms with Crippen molar-refractivity contribution >= 4 is 0 Å². The topological polar surface area (TPSA) is 12.0 Å². The van der Waals surface area contributed by atoms with Gasteiger partial charge in [0.2, 0.25) is 0 Å². The Morgan fingerprint density at radius 2 is 1.80 bits per heavy atom. The highest BCUT2D eigenvalue weighted by atomic mass is 19.4. The van der Waals surface area contributed by atoms with Crippen molar-refractivity contribution in [1.29, 1.82) is 0 Å². The third kappa shape index (κ3) is 5.53. The Bertz CT molecular complexity index is 418. The van der Waals surface area contributed by atoms with Crippen molar-refractivity contribution in [2.45, 2.75) is 52.8 Å². The Hall–Kier alpha value is -1.03. The van der Waals surface area contributed by atoms with Crippen molar-refractivity contribution in [3.8, 4) is 0 Å². The molecule has 0 aliphatic carbocycles. The third-order valence-electron chi connectivity index (χ3n) is 3.07. The molecule has 20 heavy (non-hydrogen) atoms. The summed E-state index contributed by atoms with van der Waals surface area (Å²) in [5, 5.41) is 3.35. The maximum Gasteiger partial charge on any atom is 0.416 e. The summed E-state index contributed by atoms with van der Waals surface area (Å²) in [5.41, 5.74) is 0.190. The molecular weight excluding hydrogens is 263 g/mol. The van der Waals surface area contributed by atoms with Crippen molar-refractivity contribution in [2.24, 2.45) is 5.41 Å². The first-order chi connectivity index (χ1) is 9.13. The highest BCUT2D eigenvalue weighted by Gasteiger charge is 2.31. The molecular formula is C16H24F3N.